The van der Waals surface area contributed by atoms with Gasteiger partial charge < -0.3 is 5.53 Å². The van der Waals surface area contributed by atoms with Crippen LogP contribution in [0.1, 0.15) is 385 Å². The molecule has 492 valence electrons. The van der Waals surface area contributed by atoms with E-state index in [4.69, 9.17) is 0 Å². The van der Waals surface area contributed by atoms with Crippen LogP contribution in [-0.2, 0) is 40.5 Å². The summed E-state index contributed by atoms with van der Waals surface area (Å²) in [5.41, 5.74) is 25.9. The molecule has 2 aromatic rings. The van der Waals surface area contributed by atoms with Crippen molar-refractivity contribution in [2.24, 2.45) is 0 Å². The zero-order valence-corrected chi connectivity index (χ0v) is 59.5. The molecule has 1 heterocycles. The number of nitrogens with zero attached hydrogens (tertiary/aromatic N) is 4. The van der Waals surface area contributed by atoms with E-state index in [1.165, 1.54) is 308 Å². The van der Waals surface area contributed by atoms with Crippen molar-refractivity contribution in [1.82, 2.24) is 7.96 Å². The van der Waals surface area contributed by atoms with Gasteiger partial charge in [-0.2, -0.15) is 0 Å². The monoisotopic (exact) mass is 1220 g/mol. The van der Waals surface area contributed by atoms with Gasteiger partial charge in [-0.1, -0.05) is 297 Å². The predicted molar refractivity (Wildman–Crippen MR) is 377 cm³/mol. The fourth-order valence-electron chi connectivity index (χ4n) is 12.6. The summed E-state index contributed by atoms with van der Waals surface area (Å²) in [5.74, 6) is 0. The Kier molecular flexibility index (Phi) is 51.6. The van der Waals surface area contributed by atoms with Crippen LogP contribution in [-0.4, -0.2) is 38.8 Å². The van der Waals surface area contributed by atoms with E-state index in [9.17, 15) is 5.53 Å². The molecular formula is C80H142N4Ni. The Hall–Kier alpha value is -2.33. The normalized spacial score (nSPS) is 12.9. The minimum absolute atomic E-state index is 0.996. The van der Waals surface area contributed by atoms with Crippen LogP contribution in [0.25, 0.3) is 16.9 Å². The van der Waals surface area contributed by atoms with E-state index in [2.05, 4.69) is 126 Å². The molecule has 0 spiro atoms. The first kappa shape index (κ1) is 78.8. The third-order valence-electron chi connectivity index (χ3n) is 18.0. The first-order valence-corrected chi connectivity index (χ1v) is 38.7. The van der Waals surface area contributed by atoms with Crippen LogP contribution in [0.2, 0.25) is 0 Å². The Balaban J connectivity index is 0.00000202. The second-order valence-electron chi connectivity index (χ2n) is 25.8. The van der Waals surface area contributed by atoms with E-state index >= 15 is 0 Å². The molecule has 0 unspecified atom stereocenters. The Morgan fingerprint density at radius 2 is 0.576 bits per heavy atom. The van der Waals surface area contributed by atoms with Gasteiger partial charge in [-0.05, 0) is 124 Å². The SMILES string of the molecule is CCCCCCCCCCCCCCCCCCCCCCCCCC=CC1=C(c2cc(CCCCCC)cc(CCCCCC)c2)[N+](=[N-])C(c2cc(CCCCCC)cc(CCCCCC)c2)=C1CCCCC.CC[N](CC)[Ni][N](CC)CC. The Labute approximate surface area is 538 Å². The average Bonchev–Trinajstić information content (AvgIpc) is 1.97. The van der Waals surface area contributed by atoms with Crippen molar-refractivity contribution in [2.45, 2.75) is 377 Å². The van der Waals surface area contributed by atoms with Gasteiger partial charge in [-0.25, -0.2) is 4.70 Å². The summed E-state index contributed by atoms with van der Waals surface area (Å²) in [6.45, 7) is 27.2. The van der Waals surface area contributed by atoms with Crippen molar-refractivity contribution in [1.29, 1.82) is 0 Å². The molecule has 0 atom stereocenters. The van der Waals surface area contributed by atoms with Crippen LogP contribution < -0.4 is 0 Å². The summed E-state index contributed by atoms with van der Waals surface area (Å²) in [6.07, 6.45) is 68.3. The van der Waals surface area contributed by atoms with E-state index < -0.39 is 0 Å². The van der Waals surface area contributed by atoms with Crippen LogP contribution in [0.3, 0.4) is 0 Å². The van der Waals surface area contributed by atoms with Crippen molar-refractivity contribution < 1.29 is 19.6 Å². The molecule has 0 N–H and O–H groups in total. The molecule has 85 heavy (non-hydrogen) atoms. The first-order chi connectivity index (χ1) is 41.8. The molecule has 0 amide bonds. The first-order valence-electron chi connectivity index (χ1n) is 37.8. The van der Waals surface area contributed by atoms with E-state index in [-0.39, 0.29) is 0 Å². The van der Waals surface area contributed by atoms with Gasteiger partial charge in [0.2, 0.25) is 11.4 Å². The van der Waals surface area contributed by atoms with Crippen LogP contribution in [0.5, 0.6) is 0 Å². The Bertz CT molecular complexity index is 1910. The number of unbranched alkanes of at least 4 members (excludes halogenated alkanes) is 37. The fraction of sp³-hybridized carbons (Fsp3) is 0.775. The second kappa shape index (κ2) is 55.7. The molecule has 1 aliphatic heterocycles. The molecule has 0 aromatic heterocycles. The number of benzene rings is 2. The number of allylic oxidation sites excluding steroid dienone is 4. The number of hydrogen-bond acceptors (Lipinski definition) is 2. The summed E-state index contributed by atoms with van der Waals surface area (Å²) in [4.78, 5) is 0. The van der Waals surface area contributed by atoms with Crippen molar-refractivity contribution in [3.05, 3.63) is 98.6 Å². The Morgan fingerprint density at radius 1 is 0.318 bits per heavy atom. The van der Waals surface area contributed by atoms with Crippen LogP contribution in [0.15, 0.2) is 59.7 Å². The number of aryl methyl sites for hydroxylation is 4. The maximum atomic E-state index is 13.0. The second-order valence-corrected chi connectivity index (χ2v) is 27.3. The van der Waals surface area contributed by atoms with Gasteiger partial charge in [-0.3, -0.25) is 0 Å². The third kappa shape index (κ3) is 37.4. The molecule has 0 saturated carbocycles. The van der Waals surface area contributed by atoms with Crippen LogP contribution >= 0.6 is 0 Å². The zero-order chi connectivity index (χ0) is 61.6. The molecule has 2 aromatic carbocycles. The number of rotatable bonds is 57. The van der Waals surface area contributed by atoms with Gasteiger partial charge in [-0.15, -0.1) is 0 Å². The van der Waals surface area contributed by atoms with Crippen molar-refractivity contribution >= 4 is 11.4 Å². The standard InChI is InChI=1S/C72H122N2.2C4H10N.Ni/c1-7-13-19-24-25-26-27-28-29-30-31-32-33-34-35-36-37-38-39-40-41-42-43-44-50-56-70-69(55-45-18-12-6)71(67-59-63(51-46-20-14-8-2)57-64(60-67)52-47-21-15-9-3)74(73)72(70)68-61-65(53-48-22-16-10-4)58-66(62-68)54-49-23-17-11-5;2*1-3-5-4-2;/h50,56-62H,7-49,51-55H2,1-6H3;2*3-4H2,1-2H3;/q;2*-1;+2. The molecule has 0 saturated heterocycles. The van der Waals surface area contributed by atoms with Crippen molar-refractivity contribution in [3.63, 3.8) is 0 Å². The Morgan fingerprint density at radius 3 is 0.882 bits per heavy atom. The zero-order valence-electron chi connectivity index (χ0n) is 58.5. The molecule has 0 bridgehead atoms. The average molecular weight is 1220 g/mol. The number of hydrogen-bond donors (Lipinski definition) is 0. The molecule has 5 heteroatoms. The molecule has 0 fully saturated rings. The molecule has 0 radical (unpaired) electrons. The van der Waals surface area contributed by atoms with E-state index in [1.807, 2.05) is 0 Å². The van der Waals surface area contributed by atoms with E-state index in [0.29, 0.717) is 0 Å². The summed E-state index contributed by atoms with van der Waals surface area (Å²) in [6, 6.07) is 14.9. The molecule has 4 nitrogen and oxygen atoms in total. The fourth-order valence-corrected chi connectivity index (χ4v) is 13.5. The van der Waals surface area contributed by atoms with Gasteiger partial charge in [0.1, 0.15) is 0 Å². The molecule has 3 rings (SSSR count). The minimum atomic E-state index is 0.996. The topological polar surface area (TPSA) is 31.8 Å². The van der Waals surface area contributed by atoms with Gasteiger partial charge >= 0.3 is 76.7 Å². The van der Waals surface area contributed by atoms with Gasteiger partial charge in [0.25, 0.3) is 0 Å². The van der Waals surface area contributed by atoms with E-state index in [0.717, 1.165) is 82.5 Å². The van der Waals surface area contributed by atoms with Crippen molar-refractivity contribution in [2.75, 3.05) is 26.2 Å². The van der Waals surface area contributed by atoms with Crippen LogP contribution in [0.4, 0.5) is 0 Å². The van der Waals surface area contributed by atoms with Gasteiger partial charge in [0, 0.05) is 16.7 Å². The summed E-state index contributed by atoms with van der Waals surface area (Å²) < 4.78 is 6.44. The quantitative estimate of drug-likeness (QED) is 0.0376. The summed E-state index contributed by atoms with van der Waals surface area (Å²) >= 11 is 1.67. The third-order valence-corrected chi connectivity index (χ3v) is 19.8. The van der Waals surface area contributed by atoms with E-state index in [1.54, 1.807) is 19.6 Å². The summed E-state index contributed by atoms with van der Waals surface area (Å²) in [7, 11) is 0. The molecular weight excluding hydrogens is 1080 g/mol. The summed E-state index contributed by atoms with van der Waals surface area (Å²) in [5, 5.41) is 0. The van der Waals surface area contributed by atoms with Gasteiger partial charge in [0.15, 0.2) is 0 Å². The molecule has 1 aliphatic rings. The van der Waals surface area contributed by atoms with Crippen LogP contribution in [0, 0.1) is 0 Å². The van der Waals surface area contributed by atoms with Crippen molar-refractivity contribution in [3.8, 4) is 0 Å². The maximum absolute atomic E-state index is 13.0. The van der Waals surface area contributed by atoms with Gasteiger partial charge in [0.05, 0.1) is 5.57 Å². The predicted octanol–water partition coefficient (Wildman–Crippen LogP) is 26.4. The molecule has 0 aliphatic carbocycles.